The van der Waals surface area contributed by atoms with Crippen molar-refractivity contribution in [1.82, 2.24) is 14.6 Å². The van der Waals surface area contributed by atoms with Crippen molar-refractivity contribution < 1.29 is 27.4 Å². The van der Waals surface area contributed by atoms with Crippen molar-refractivity contribution in [1.29, 1.82) is 0 Å². The summed E-state index contributed by atoms with van der Waals surface area (Å²) in [6, 6.07) is 7.61. The molecule has 3 rings (SSSR count). The van der Waals surface area contributed by atoms with Gasteiger partial charge in [-0.1, -0.05) is 0 Å². The fraction of sp³-hybridized carbons (Fsp3) is 0.0714. The number of hydrogen-bond acceptors (Lipinski definition) is 5. The van der Waals surface area contributed by atoms with Crippen LogP contribution in [0.3, 0.4) is 0 Å². The molecule has 0 saturated carbocycles. The van der Waals surface area contributed by atoms with Crippen molar-refractivity contribution in [2.75, 3.05) is 0 Å². The first-order valence-corrected chi connectivity index (χ1v) is 6.28. The van der Waals surface area contributed by atoms with Gasteiger partial charge in [-0.05, 0) is 36.4 Å². The molecule has 2 heterocycles. The summed E-state index contributed by atoms with van der Waals surface area (Å²) >= 11 is 0. The van der Waals surface area contributed by atoms with E-state index in [1.165, 1.54) is 35.1 Å². The SMILES string of the molecule is O=C(Oc1ccc(OC(F)(F)F)cc1)c1ccc2nncn2c1. The van der Waals surface area contributed by atoms with E-state index in [1.807, 2.05) is 0 Å². The molecule has 0 aliphatic carbocycles. The van der Waals surface area contributed by atoms with Crippen LogP contribution in [0.4, 0.5) is 13.2 Å². The van der Waals surface area contributed by atoms with E-state index in [1.54, 1.807) is 6.07 Å². The lowest BCUT2D eigenvalue weighted by atomic mass is 10.3. The number of nitrogens with zero attached hydrogens (tertiary/aromatic N) is 3. The molecule has 0 bridgehead atoms. The first-order chi connectivity index (χ1) is 10.9. The number of benzene rings is 1. The molecule has 0 spiro atoms. The van der Waals surface area contributed by atoms with Crippen LogP contribution in [-0.4, -0.2) is 26.9 Å². The van der Waals surface area contributed by atoms with E-state index in [4.69, 9.17) is 4.74 Å². The minimum absolute atomic E-state index is 0.0911. The highest BCUT2D eigenvalue weighted by molar-refractivity contribution is 5.91. The Morgan fingerprint density at radius 3 is 2.43 bits per heavy atom. The van der Waals surface area contributed by atoms with Crippen LogP contribution in [0.1, 0.15) is 10.4 Å². The Labute approximate surface area is 127 Å². The van der Waals surface area contributed by atoms with Crippen molar-refractivity contribution in [3.63, 3.8) is 0 Å². The summed E-state index contributed by atoms with van der Waals surface area (Å²) < 4.78 is 46.5. The summed E-state index contributed by atoms with van der Waals surface area (Å²) in [6.45, 7) is 0. The topological polar surface area (TPSA) is 65.7 Å². The van der Waals surface area contributed by atoms with E-state index in [0.717, 1.165) is 12.1 Å². The van der Waals surface area contributed by atoms with Crippen LogP contribution < -0.4 is 9.47 Å². The van der Waals surface area contributed by atoms with Gasteiger partial charge in [-0.3, -0.25) is 4.40 Å². The highest BCUT2D eigenvalue weighted by Gasteiger charge is 2.31. The van der Waals surface area contributed by atoms with Crippen LogP contribution in [0.5, 0.6) is 11.5 Å². The van der Waals surface area contributed by atoms with Gasteiger partial charge in [-0.2, -0.15) is 0 Å². The number of aromatic nitrogens is 3. The fourth-order valence-electron chi connectivity index (χ4n) is 1.82. The molecule has 0 radical (unpaired) electrons. The monoisotopic (exact) mass is 323 g/mol. The van der Waals surface area contributed by atoms with Crippen molar-refractivity contribution in [3.05, 3.63) is 54.5 Å². The van der Waals surface area contributed by atoms with E-state index in [2.05, 4.69) is 14.9 Å². The Bertz CT molecular complexity index is 844. The Balaban J connectivity index is 1.72. The number of carbonyl (C=O) groups is 1. The molecule has 0 saturated heterocycles. The normalized spacial score (nSPS) is 11.4. The zero-order valence-corrected chi connectivity index (χ0v) is 11.3. The second kappa shape index (κ2) is 5.59. The minimum Gasteiger partial charge on any atom is -0.423 e. The van der Waals surface area contributed by atoms with Crippen LogP contribution in [0.15, 0.2) is 48.9 Å². The molecule has 0 amide bonds. The quantitative estimate of drug-likeness (QED) is 0.548. The maximum Gasteiger partial charge on any atom is 0.573 e. The van der Waals surface area contributed by atoms with Crippen LogP contribution in [-0.2, 0) is 0 Å². The lowest BCUT2D eigenvalue weighted by Gasteiger charge is -2.09. The van der Waals surface area contributed by atoms with Gasteiger partial charge in [0.1, 0.15) is 17.8 Å². The fourth-order valence-corrected chi connectivity index (χ4v) is 1.82. The molecule has 1 aromatic carbocycles. The predicted molar refractivity (Wildman–Crippen MR) is 71.1 cm³/mol. The van der Waals surface area contributed by atoms with Crippen LogP contribution in [0.2, 0.25) is 0 Å². The number of alkyl halides is 3. The number of carbonyl (C=O) groups excluding carboxylic acids is 1. The van der Waals surface area contributed by atoms with Gasteiger partial charge in [0.15, 0.2) is 5.65 Å². The van der Waals surface area contributed by atoms with Crippen molar-refractivity contribution in [3.8, 4) is 11.5 Å². The highest BCUT2D eigenvalue weighted by atomic mass is 19.4. The number of rotatable bonds is 3. The second-order valence-electron chi connectivity index (χ2n) is 4.42. The van der Waals surface area contributed by atoms with Gasteiger partial charge in [0.2, 0.25) is 0 Å². The molecule has 23 heavy (non-hydrogen) atoms. The van der Waals surface area contributed by atoms with Gasteiger partial charge in [-0.15, -0.1) is 23.4 Å². The van der Waals surface area contributed by atoms with Gasteiger partial charge >= 0.3 is 12.3 Å². The number of hydrogen-bond donors (Lipinski definition) is 0. The largest absolute Gasteiger partial charge is 0.573 e. The van der Waals surface area contributed by atoms with Gasteiger partial charge < -0.3 is 9.47 Å². The second-order valence-corrected chi connectivity index (χ2v) is 4.42. The third kappa shape index (κ3) is 3.57. The van der Waals surface area contributed by atoms with E-state index in [-0.39, 0.29) is 11.3 Å². The predicted octanol–water partition coefficient (Wildman–Crippen LogP) is 2.85. The first-order valence-electron chi connectivity index (χ1n) is 6.28. The number of esters is 1. The Kier molecular flexibility index (Phi) is 3.61. The summed E-state index contributed by atoms with van der Waals surface area (Å²) in [6.07, 6.45) is -1.86. The molecular formula is C14H8F3N3O3. The van der Waals surface area contributed by atoms with Crippen molar-refractivity contribution in [2.45, 2.75) is 6.36 Å². The summed E-state index contributed by atoms with van der Waals surface area (Å²) in [7, 11) is 0. The number of ether oxygens (including phenoxy) is 2. The molecule has 118 valence electrons. The molecule has 0 fully saturated rings. The molecule has 3 aromatic rings. The third-order valence-corrected chi connectivity index (χ3v) is 2.79. The highest BCUT2D eigenvalue weighted by Crippen LogP contribution is 2.25. The van der Waals surface area contributed by atoms with E-state index < -0.39 is 18.1 Å². The van der Waals surface area contributed by atoms with Gasteiger partial charge in [0, 0.05) is 6.20 Å². The molecule has 0 atom stereocenters. The van der Waals surface area contributed by atoms with E-state index in [9.17, 15) is 18.0 Å². The summed E-state index contributed by atoms with van der Waals surface area (Å²) in [5.74, 6) is -0.971. The molecular weight excluding hydrogens is 315 g/mol. The molecule has 0 unspecified atom stereocenters. The summed E-state index contributed by atoms with van der Waals surface area (Å²) in [5, 5.41) is 7.48. The number of pyridine rings is 1. The number of halogens is 3. The van der Waals surface area contributed by atoms with Crippen LogP contribution >= 0.6 is 0 Å². The standard InChI is InChI=1S/C14H8F3N3O3/c15-14(16,17)23-11-4-2-10(3-5-11)22-13(21)9-1-6-12-19-18-8-20(12)7-9/h1-8H. The van der Waals surface area contributed by atoms with Gasteiger partial charge in [0.25, 0.3) is 0 Å². The lowest BCUT2D eigenvalue weighted by Crippen LogP contribution is -2.17. The zero-order chi connectivity index (χ0) is 16.4. The average Bonchev–Trinajstić information content (AvgIpc) is 2.95. The molecule has 9 heteroatoms. The maximum atomic E-state index is 12.1. The molecule has 0 aliphatic rings. The summed E-state index contributed by atoms with van der Waals surface area (Å²) in [4.78, 5) is 12.0. The van der Waals surface area contributed by atoms with Crippen molar-refractivity contribution in [2.24, 2.45) is 0 Å². The summed E-state index contributed by atoms with van der Waals surface area (Å²) in [5.41, 5.74) is 0.808. The Morgan fingerprint density at radius 2 is 1.74 bits per heavy atom. The molecule has 0 aliphatic heterocycles. The minimum atomic E-state index is -4.77. The molecule has 2 aromatic heterocycles. The average molecular weight is 323 g/mol. The van der Waals surface area contributed by atoms with Gasteiger partial charge in [-0.25, -0.2) is 4.79 Å². The molecule has 0 N–H and O–H groups in total. The smallest absolute Gasteiger partial charge is 0.423 e. The van der Waals surface area contributed by atoms with E-state index >= 15 is 0 Å². The lowest BCUT2D eigenvalue weighted by molar-refractivity contribution is -0.274. The van der Waals surface area contributed by atoms with Crippen LogP contribution in [0.25, 0.3) is 5.65 Å². The third-order valence-electron chi connectivity index (χ3n) is 2.79. The first kappa shape index (κ1) is 14.8. The van der Waals surface area contributed by atoms with E-state index in [0.29, 0.717) is 5.65 Å². The Morgan fingerprint density at radius 1 is 1.04 bits per heavy atom. The van der Waals surface area contributed by atoms with Gasteiger partial charge in [0.05, 0.1) is 5.56 Å². The van der Waals surface area contributed by atoms with Crippen molar-refractivity contribution >= 4 is 11.6 Å². The zero-order valence-electron chi connectivity index (χ0n) is 11.3. The van der Waals surface area contributed by atoms with Crippen LogP contribution in [0, 0.1) is 0 Å². The maximum absolute atomic E-state index is 12.1. The number of fused-ring (bicyclic) bond motifs is 1. The molecule has 6 nitrogen and oxygen atoms in total. The Hall–Kier alpha value is -3.10.